The van der Waals surface area contributed by atoms with Crippen molar-refractivity contribution in [3.63, 3.8) is 0 Å². The lowest BCUT2D eigenvalue weighted by molar-refractivity contribution is -0.139. The minimum absolute atomic E-state index is 0.0696. The summed E-state index contributed by atoms with van der Waals surface area (Å²) in [6.07, 6.45) is 0. The van der Waals surface area contributed by atoms with Crippen LogP contribution in [0.5, 0.6) is 5.75 Å². The molecule has 3 rings (SSSR count). The van der Waals surface area contributed by atoms with Gasteiger partial charge in [0.1, 0.15) is 17.1 Å². The van der Waals surface area contributed by atoms with Crippen LogP contribution in [0.4, 0.5) is 0 Å². The van der Waals surface area contributed by atoms with Crippen LogP contribution < -0.4 is 16.1 Å². The number of carbonyl (C=O) groups is 1. The first-order valence-electron chi connectivity index (χ1n) is 7.57. The van der Waals surface area contributed by atoms with Gasteiger partial charge in [-0.05, 0) is 19.4 Å². The Morgan fingerprint density at radius 3 is 2.67 bits per heavy atom. The molecule has 0 amide bonds. The number of nitrogens with two attached hydrogens (primary N) is 1. The summed E-state index contributed by atoms with van der Waals surface area (Å²) in [5, 5.41) is 0. The van der Waals surface area contributed by atoms with E-state index < -0.39 is 17.5 Å². The zero-order valence-corrected chi connectivity index (χ0v) is 13.4. The number of aryl methyl sites for hydroxylation is 1. The minimum Gasteiger partial charge on any atom is -0.462 e. The zero-order valence-electron chi connectivity index (χ0n) is 13.4. The highest BCUT2D eigenvalue weighted by Crippen LogP contribution is 2.41. The third-order valence-electron chi connectivity index (χ3n) is 3.76. The van der Waals surface area contributed by atoms with Crippen LogP contribution in [0.3, 0.4) is 0 Å². The second-order valence-electron chi connectivity index (χ2n) is 5.37. The Morgan fingerprint density at radius 2 is 2.00 bits per heavy atom. The molecule has 2 aromatic rings. The van der Waals surface area contributed by atoms with Crippen molar-refractivity contribution in [1.82, 2.24) is 0 Å². The molecule has 0 saturated carbocycles. The van der Waals surface area contributed by atoms with Gasteiger partial charge in [-0.15, -0.1) is 0 Å². The lowest BCUT2D eigenvalue weighted by Gasteiger charge is -2.27. The fourth-order valence-corrected chi connectivity index (χ4v) is 2.80. The third kappa shape index (κ3) is 2.67. The molecule has 0 radical (unpaired) electrons. The highest BCUT2D eigenvalue weighted by atomic mass is 16.5. The van der Waals surface area contributed by atoms with Crippen LogP contribution in [-0.4, -0.2) is 12.6 Å². The molecular weight excluding hydrogens is 310 g/mol. The number of hydrogen-bond donors (Lipinski definition) is 1. The van der Waals surface area contributed by atoms with Crippen molar-refractivity contribution in [1.29, 1.82) is 0 Å². The number of benzene rings is 1. The molecule has 6 heteroatoms. The molecule has 1 aliphatic rings. The van der Waals surface area contributed by atoms with Gasteiger partial charge >= 0.3 is 11.6 Å². The molecule has 24 heavy (non-hydrogen) atoms. The highest BCUT2D eigenvalue weighted by Gasteiger charge is 2.38. The maximum atomic E-state index is 12.4. The van der Waals surface area contributed by atoms with Gasteiger partial charge in [-0.25, -0.2) is 9.59 Å². The predicted octanol–water partition coefficient (Wildman–Crippen LogP) is 2.21. The fourth-order valence-electron chi connectivity index (χ4n) is 2.80. The molecule has 1 atom stereocenters. The van der Waals surface area contributed by atoms with E-state index in [1.807, 2.05) is 30.3 Å². The van der Waals surface area contributed by atoms with Crippen molar-refractivity contribution in [3.05, 3.63) is 75.2 Å². The summed E-state index contributed by atoms with van der Waals surface area (Å²) >= 11 is 0. The Kier molecular flexibility index (Phi) is 4.12. The van der Waals surface area contributed by atoms with Gasteiger partial charge in [0.25, 0.3) is 0 Å². The molecule has 6 nitrogen and oxygen atoms in total. The van der Waals surface area contributed by atoms with Crippen LogP contribution in [0.1, 0.15) is 29.7 Å². The largest absolute Gasteiger partial charge is 0.462 e. The predicted molar refractivity (Wildman–Crippen MR) is 86.5 cm³/mol. The molecule has 1 unspecified atom stereocenters. The Morgan fingerprint density at radius 1 is 1.29 bits per heavy atom. The Balaban J connectivity index is 2.26. The first kappa shape index (κ1) is 15.9. The van der Waals surface area contributed by atoms with Gasteiger partial charge in [0.15, 0.2) is 0 Å². The van der Waals surface area contributed by atoms with Crippen LogP contribution in [0.2, 0.25) is 0 Å². The average Bonchev–Trinajstić information content (AvgIpc) is 2.54. The number of carbonyl (C=O) groups excluding carboxylic acids is 1. The lowest BCUT2D eigenvalue weighted by Crippen LogP contribution is -2.31. The summed E-state index contributed by atoms with van der Waals surface area (Å²) < 4.78 is 15.8. The van der Waals surface area contributed by atoms with Gasteiger partial charge in [-0.3, -0.25) is 0 Å². The van der Waals surface area contributed by atoms with Crippen molar-refractivity contribution in [2.75, 3.05) is 6.61 Å². The first-order chi connectivity index (χ1) is 11.5. The van der Waals surface area contributed by atoms with E-state index in [9.17, 15) is 9.59 Å². The molecule has 0 saturated heterocycles. The topological polar surface area (TPSA) is 91.8 Å². The fraction of sp³-hybridized carbons (Fsp3) is 0.222. The van der Waals surface area contributed by atoms with Crippen molar-refractivity contribution in [3.8, 4) is 5.75 Å². The van der Waals surface area contributed by atoms with E-state index in [0.29, 0.717) is 11.5 Å². The molecule has 0 aliphatic carbocycles. The Bertz CT molecular complexity index is 867. The molecule has 1 aromatic heterocycles. The zero-order chi connectivity index (χ0) is 17.3. The summed E-state index contributed by atoms with van der Waals surface area (Å²) in [7, 11) is 0. The standard InChI is InChI=1S/C18H17NO5/c1-3-22-17(20)15-13(11-7-5-4-6-8-11)14-12(24-16(15)19)9-10(2)23-18(14)21/h4-9,13H,3,19H2,1-2H3. The number of hydrogen-bond acceptors (Lipinski definition) is 6. The average molecular weight is 327 g/mol. The Hall–Kier alpha value is -3.02. The van der Waals surface area contributed by atoms with Gasteiger partial charge in [0.05, 0.1) is 18.1 Å². The summed E-state index contributed by atoms with van der Waals surface area (Å²) in [4.78, 5) is 24.8. The molecule has 0 bridgehead atoms. The van der Waals surface area contributed by atoms with E-state index in [2.05, 4.69) is 0 Å². The van der Waals surface area contributed by atoms with Gasteiger partial charge in [0, 0.05) is 6.07 Å². The Labute approximate surface area is 138 Å². The SMILES string of the molecule is CCOC(=O)C1=C(N)Oc2cc(C)oc(=O)c2C1c1ccccc1. The number of fused-ring (bicyclic) bond motifs is 1. The summed E-state index contributed by atoms with van der Waals surface area (Å²) in [6.45, 7) is 3.53. The van der Waals surface area contributed by atoms with Crippen molar-refractivity contribution < 1.29 is 18.7 Å². The van der Waals surface area contributed by atoms with Crippen LogP contribution in [0, 0.1) is 6.92 Å². The number of esters is 1. The highest BCUT2D eigenvalue weighted by molar-refractivity contribution is 5.92. The molecule has 0 spiro atoms. The molecule has 1 aromatic carbocycles. The van der Waals surface area contributed by atoms with Crippen molar-refractivity contribution in [2.45, 2.75) is 19.8 Å². The molecule has 124 valence electrons. The monoisotopic (exact) mass is 327 g/mol. The van der Waals surface area contributed by atoms with E-state index in [-0.39, 0.29) is 23.6 Å². The summed E-state index contributed by atoms with van der Waals surface area (Å²) in [5.74, 6) is -0.693. The molecule has 2 N–H and O–H groups in total. The smallest absolute Gasteiger partial charge is 0.343 e. The summed E-state index contributed by atoms with van der Waals surface area (Å²) in [6, 6.07) is 10.7. The molecule has 1 aliphatic heterocycles. The quantitative estimate of drug-likeness (QED) is 0.869. The van der Waals surface area contributed by atoms with Crippen LogP contribution in [-0.2, 0) is 9.53 Å². The van der Waals surface area contributed by atoms with Crippen molar-refractivity contribution >= 4 is 5.97 Å². The van der Waals surface area contributed by atoms with Crippen molar-refractivity contribution in [2.24, 2.45) is 5.73 Å². The van der Waals surface area contributed by atoms with Gasteiger partial charge < -0.3 is 19.6 Å². The van der Waals surface area contributed by atoms with Gasteiger partial charge in [-0.1, -0.05) is 30.3 Å². The second kappa shape index (κ2) is 6.23. The summed E-state index contributed by atoms with van der Waals surface area (Å²) in [5.41, 5.74) is 6.48. The molecule has 0 fully saturated rings. The number of rotatable bonds is 3. The van der Waals surface area contributed by atoms with Gasteiger partial charge in [0.2, 0.25) is 5.88 Å². The normalized spacial score (nSPS) is 16.3. The maximum absolute atomic E-state index is 12.4. The third-order valence-corrected chi connectivity index (χ3v) is 3.76. The van der Waals surface area contributed by atoms with E-state index >= 15 is 0 Å². The van der Waals surface area contributed by atoms with E-state index in [4.69, 9.17) is 19.6 Å². The van der Waals surface area contributed by atoms with E-state index in [0.717, 1.165) is 5.56 Å². The van der Waals surface area contributed by atoms with E-state index in [1.54, 1.807) is 19.9 Å². The lowest BCUT2D eigenvalue weighted by atomic mass is 9.84. The molecule has 2 heterocycles. The maximum Gasteiger partial charge on any atom is 0.343 e. The number of ether oxygens (including phenoxy) is 2. The molecular formula is C18H17NO5. The van der Waals surface area contributed by atoms with Gasteiger partial charge in [-0.2, -0.15) is 0 Å². The van der Waals surface area contributed by atoms with Crippen LogP contribution in [0.15, 0.2) is 57.1 Å². The minimum atomic E-state index is -0.703. The first-order valence-corrected chi connectivity index (χ1v) is 7.57. The van der Waals surface area contributed by atoms with E-state index in [1.165, 1.54) is 0 Å². The van der Waals surface area contributed by atoms with Crippen LogP contribution in [0.25, 0.3) is 0 Å². The second-order valence-corrected chi connectivity index (χ2v) is 5.37. The van der Waals surface area contributed by atoms with Crippen LogP contribution >= 0.6 is 0 Å².